The van der Waals surface area contributed by atoms with E-state index in [1.807, 2.05) is 0 Å². The van der Waals surface area contributed by atoms with Crippen LogP contribution in [0, 0.1) is 5.92 Å². The third kappa shape index (κ3) is 4.43. The number of carbonyl (C=O) groups is 1. The van der Waals surface area contributed by atoms with E-state index >= 15 is 0 Å². The zero-order chi connectivity index (χ0) is 19.6. The number of hydrogen-bond acceptors (Lipinski definition) is 7. The second-order valence-corrected chi connectivity index (χ2v) is 8.16. The van der Waals surface area contributed by atoms with Crippen molar-refractivity contribution in [3.63, 3.8) is 0 Å². The van der Waals surface area contributed by atoms with Gasteiger partial charge in [-0.3, -0.25) is 9.69 Å². The van der Waals surface area contributed by atoms with Crippen LogP contribution >= 0.6 is 0 Å². The molecular weight excluding hydrogens is 370 g/mol. The lowest BCUT2D eigenvalue weighted by molar-refractivity contribution is -0.133. The van der Waals surface area contributed by atoms with Crippen molar-refractivity contribution in [3.8, 4) is 5.88 Å². The van der Waals surface area contributed by atoms with Gasteiger partial charge in [0, 0.05) is 45.0 Å². The molecule has 1 saturated carbocycles. The van der Waals surface area contributed by atoms with Gasteiger partial charge in [-0.25, -0.2) is 9.97 Å². The maximum Gasteiger partial charge on any atom is 0.246 e. The summed E-state index contributed by atoms with van der Waals surface area (Å²) in [7, 11) is 0. The zero-order valence-corrected chi connectivity index (χ0v) is 16.5. The predicted octanol–water partition coefficient (Wildman–Crippen LogP) is 1.06. The van der Waals surface area contributed by atoms with E-state index in [2.05, 4.69) is 43.3 Å². The Labute approximate surface area is 170 Å². The molecule has 1 aliphatic carbocycles. The lowest BCUT2D eigenvalue weighted by atomic mass is 10.1. The molecular formula is C21H27N5O3. The van der Waals surface area contributed by atoms with Gasteiger partial charge in [0.2, 0.25) is 11.8 Å². The van der Waals surface area contributed by atoms with Gasteiger partial charge in [0.05, 0.1) is 23.6 Å². The number of hydrogen-bond donors (Lipinski definition) is 1. The molecule has 1 amide bonds. The number of piperazine rings is 1. The summed E-state index contributed by atoms with van der Waals surface area (Å²) in [6, 6.07) is 6.35. The SMILES string of the molecule is O=C1COC(CN2CCN(c3ccc4ncnc(OCC5CC5)c4c3)CC2)CN1. The minimum atomic E-state index is -0.0215. The first-order valence-corrected chi connectivity index (χ1v) is 10.5. The highest BCUT2D eigenvalue weighted by Gasteiger charge is 2.25. The second kappa shape index (κ2) is 8.12. The topological polar surface area (TPSA) is 79.8 Å². The molecule has 1 unspecified atom stereocenters. The first-order chi connectivity index (χ1) is 14.2. The number of anilines is 1. The molecule has 154 valence electrons. The molecule has 0 radical (unpaired) electrons. The smallest absolute Gasteiger partial charge is 0.246 e. The number of benzene rings is 1. The predicted molar refractivity (Wildman–Crippen MR) is 109 cm³/mol. The van der Waals surface area contributed by atoms with Crippen LogP contribution in [0.25, 0.3) is 10.9 Å². The highest BCUT2D eigenvalue weighted by atomic mass is 16.5. The molecule has 1 atom stereocenters. The van der Waals surface area contributed by atoms with E-state index < -0.39 is 0 Å². The molecule has 29 heavy (non-hydrogen) atoms. The Kier molecular flexibility index (Phi) is 5.20. The molecule has 1 aromatic heterocycles. The van der Waals surface area contributed by atoms with Crippen LogP contribution in [-0.4, -0.2) is 79.4 Å². The number of nitrogens with zero attached hydrogens (tertiary/aromatic N) is 4. The van der Waals surface area contributed by atoms with Gasteiger partial charge in [0.1, 0.15) is 12.9 Å². The molecule has 1 aromatic carbocycles. The fraction of sp³-hybridized carbons (Fsp3) is 0.571. The summed E-state index contributed by atoms with van der Waals surface area (Å²) < 4.78 is 11.6. The van der Waals surface area contributed by atoms with Gasteiger partial charge in [0.25, 0.3) is 0 Å². The highest BCUT2D eigenvalue weighted by Crippen LogP contribution is 2.32. The minimum absolute atomic E-state index is 0.0215. The van der Waals surface area contributed by atoms with E-state index in [4.69, 9.17) is 9.47 Å². The number of nitrogens with one attached hydrogen (secondary N) is 1. The summed E-state index contributed by atoms with van der Waals surface area (Å²) in [4.78, 5) is 24.8. The van der Waals surface area contributed by atoms with E-state index in [9.17, 15) is 4.79 Å². The van der Waals surface area contributed by atoms with Crippen LogP contribution in [0.2, 0.25) is 0 Å². The summed E-state index contributed by atoms with van der Waals surface area (Å²) in [6.07, 6.45) is 4.19. The summed E-state index contributed by atoms with van der Waals surface area (Å²) in [5.74, 6) is 1.36. The Morgan fingerprint density at radius 1 is 1.17 bits per heavy atom. The Balaban J connectivity index is 1.22. The number of aromatic nitrogens is 2. The van der Waals surface area contributed by atoms with Crippen molar-refractivity contribution in [2.75, 3.05) is 57.4 Å². The summed E-state index contributed by atoms with van der Waals surface area (Å²) >= 11 is 0. The summed E-state index contributed by atoms with van der Waals surface area (Å²) in [5, 5.41) is 3.86. The standard InChI is InChI=1S/C21H27N5O3/c27-20-13-28-17(10-22-20)11-25-5-7-26(8-6-25)16-3-4-19-18(9-16)21(24-14-23-19)29-12-15-1-2-15/h3-4,9,14-15,17H,1-2,5-8,10-13H2,(H,22,27). The summed E-state index contributed by atoms with van der Waals surface area (Å²) in [5.41, 5.74) is 2.11. The maximum atomic E-state index is 11.2. The van der Waals surface area contributed by atoms with Gasteiger partial charge < -0.3 is 19.7 Å². The van der Waals surface area contributed by atoms with Crippen molar-refractivity contribution < 1.29 is 14.3 Å². The molecule has 2 saturated heterocycles. The van der Waals surface area contributed by atoms with Gasteiger partial charge >= 0.3 is 0 Å². The number of rotatable bonds is 6. The lowest BCUT2D eigenvalue weighted by Gasteiger charge is -2.38. The molecule has 1 N–H and O–H groups in total. The zero-order valence-electron chi connectivity index (χ0n) is 16.5. The monoisotopic (exact) mass is 397 g/mol. The first-order valence-electron chi connectivity index (χ1n) is 10.5. The van der Waals surface area contributed by atoms with Gasteiger partial charge in [-0.15, -0.1) is 0 Å². The van der Waals surface area contributed by atoms with Crippen LogP contribution < -0.4 is 15.0 Å². The van der Waals surface area contributed by atoms with Crippen LogP contribution in [0.1, 0.15) is 12.8 Å². The van der Waals surface area contributed by atoms with Crippen molar-refractivity contribution >= 4 is 22.5 Å². The van der Waals surface area contributed by atoms with Crippen molar-refractivity contribution in [3.05, 3.63) is 24.5 Å². The highest BCUT2D eigenvalue weighted by molar-refractivity contribution is 5.86. The minimum Gasteiger partial charge on any atom is -0.477 e. The van der Waals surface area contributed by atoms with Crippen molar-refractivity contribution in [1.82, 2.24) is 20.2 Å². The number of amides is 1. The van der Waals surface area contributed by atoms with Gasteiger partial charge in [-0.1, -0.05) is 0 Å². The Hall–Kier alpha value is -2.45. The third-order valence-corrected chi connectivity index (χ3v) is 5.91. The van der Waals surface area contributed by atoms with Crippen molar-refractivity contribution in [2.45, 2.75) is 18.9 Å². The molecule has 3 fully saturated rings. The van der Waals surface area contributed by atoms with Gasteiger partial charge in [-0.2, -0.15) is 0 Å². The quantitative estimate of drug-likeness (QED) is 0.781. The molecule has 0 spiro atoms. The number of ether oxygens (including phenoxy) is 2. The molecule has 0 bridgehead atoms. The molecule has 2 aromatic rings. The second-order valence-electron chi connectivity index (χ2n) is 8.16. The van der Waals surface area contributed by atoms with Crippen molar-refractivity contribution in [2.24, 2.45) is 5.92 Å². The van der Waals surface area contributed by atoms with Gasteiger partial charge in [-0.05, 0) is 37.0 Å². The van der Waals surface area contributed by atoms with Gasteiger partial charge in [0.15, 0.2) is 0 Å². The fourth-order valence-electron chi connectivity index (χ4n) is 3.94. The Morgan fingerprint density at radius 3 is 2.79 bits per heavy atom. The average Bonchev–Trinajstić information content (AvgIpc) is 3.59. The molecule has 3 heterocycles. The van der Waals surface area contributed by atoms with Crippen LogP contribution in [0.5, 0.6) is 5.88 Å². The number of carbonyl (C=O) groups excluding carboxylic acids is 1. The molecule has 2 aliphatic heterocycles. The van der Waals surface area contributed by atoms with Crippen molar-refractivity contribution in [1.29, 1.82) is 0 Å². The van der Waals surface area contributed by atoms with Crippen LogP contribution in [-0.2, 0) is 9.53 Å². The first kappa shape index (κ1) is 18.6. The molecule has 8 nitrogen and oxygen atoms in total. The van der Waals surface area contributed by atoms with E-state index in [-0.39, 0.29) is 18.6 Å². The Morgan fingerprint density at radius 2 is 2.03 bits per heavy atom. The average molecular weight is 397 g/mol. The normalized spacial score (nSPS) is 23.2. The van der Waals surface area contributed by atoms with E-state index in [1.54, 1.807) is 6.33 Å². The third-order valence-electron chi connectivity index (χ3n) is 5.91. The molecule has 3 aliphatic rings. The molecule has 5 rings (SSSR count). The van der Waals surface area contributed by atoms with Crippen LogP contribution in [0.15, 0.2) is 24.5 Å². The molecule has 8 heteroatoms. The lowest BCUT2D eigenvalue weighted by Crippen LogP contribution is -2.52. The maximum absolute atomic E-state index is 11.2. The van der Waals surface area contributed by atoms with E-state index in [1.165, 1.54) is 18.5 Å². The Bertz CT molecular complexity index is 870. The van der Waals surface area contributed by atoms with Crippen LogP contribution in [0.4, 0.5) is 5.69 Å². The number of morpholine rings is 1. The number of fused-ring (bicyclic) bond motifs is 1. The fourth-order valence-corrected chi connectivity index (χ4v) is 3.94. The largest absolute Gasteiger partial charge is 0.477 e. The van der Waals surface area contributed by atoms with E-state index in [0.717, 1.165) is 50.2 Å². The summed E-state index contributed by atoms with van der Waals surface area (Å²) in [6.45, 7) is 6.25. The van der Waals surface area contributed by atoms with Crippen LogP contribution in [0.3, 0.4) is 0 Å². The van der Waals surface area contributed by atoms with E-state index in [0.29, 0.717) is 18.3 Å².